The van der Waals surface area contributed by atoms with Gasteiger partial charge in [-0.1, -0.05) is 78.9 Å². The Labute approximate surface area is 326 Å². The van der Waals surface area contributed by atoms with Gasteiger partial charge in [0.1, 0.15) is 0 Å². The van der Waals surface area contributed by atoms with E-state index in [1.807, 2.05) is 60.7 Å². The smallest absolute Gasteiger partial charge is 0.0992 e. The van der Waals surface area contributed by atoms with Crippen molar-refractivity contribution in [2.45, 2.75) is 0 Å². The van der Waals surface area contributed by atoms with Crippen LogP contribution < -0.4 is 0 Å². The second-order valence-corrected chi connectivity index (χ2v) is 14.3. The predicted molar refractivity (Wildman–Crippen MR) is 229 cm³/mol. The second kappa shape index (κ2) is 12.3. The van der Waals surface area contributed by atoms with Crippen LogP contribution in [-0.2, 0) is 0 Å². The lowest BCUT2D eigenvalue weighted by atomic mass is 10.0. The summed E-state index contributed by atoms with van der Waals surface area (Å²) in [6, 6.07) is 64.8. The van der Waals surface area contributed by atoms with Gasteiger partial charge in [-0.05, 0) is 102 Å². The normalized spacial score (nSPS) is 11.5. The zero-order chi connectivity index (χ0) is 38.2. The van der Waals surface area contributed by atoms with E-state index in [0.717, 1.165) is 82.8 Å². The zero-order valence-electron chi connectivity index (χ0n) is 30.3. The maximum Gasteiger partial charge on any atom is 0.0992 e. The van der Waals surface area contributed by atoms with Crippen LogP contribution in [0.2, 0.25) is 0 Å². The number of nitrogens with zero attached hydrogens (tertiary/aromatic N) is 6. The Morgan fingerprint density at radius 2 is 0.825 bits per heavy atom. The molecule has 3 heterocycles. The van der Waals surface area contributed by atoms with Gasteiger partial charge >= 0.3 is 0 Å². The summed E-state index contributed by atoms with van der Waals surface area (Å²) in [7, 11) is 0. The number of aromatic nitrogens is 3. The molecular formula is C51H28N6. The van der Waals surface area contributed by atoms with Gasteiger partial charge in [-0.3, -0.25) is 0 Å². The van der Waals surface area contributed by atoms with Crippen LogP contribution in [0, 0.1) is 34.0 Å². The molecule has 6 heteroatoms. The van der Waals surface area contributed by atoms with Crippen LogP contribution in [-0.4, -0.2) is 13.7 Å². The minimum Gasteiger partial charge on any atom is -0.309 e. The number of rotatable bonds is 4. The van der Waals surface area contributed by atoms with E-state index in [4.69, 9.17) is 0 Å². The van der Waals surface area contributed by atoms with E-state index in [1.54, 1.807) is 0 Å². The van der Waals surface area contributed by atoms with Crippen molar-refractivity contribution >= 4 is 65.4 Å². The SMILES string of the molecule is N#Cc1cc(-c2ccc(-n3c4ccccc4c4cc(C#N)ccc43)cc2)cc(-n2c3ccc(C#N)cc3c3cccc(-n4c5ccccc5c5ccccc54)c32)c1. The molecule has 0 bridgehead atoms. The van der Waals surface area contributed by atoms with Crippen LogP contribution in [0.25, 0.3) is 93.6 Å². The van der Waals surface area contributed by atoms with Crippen LogP contribution in [0.5, 0.6) is 0 Å². The Hall–Kier alpha value is -8.37. The summed E-state index contributed by atoms with van der Waals surface area (Å²) in [6.07, 6.45) is 0. The number of nitriles is 3. The highest BCUT2D eigenvalue weighted by molar-refractivity contribution is 6.15. The quantitative estimate of drug-likeness (QED) is 0.181. The molecule has 0 spiro atoms. The van der Waals surface area contributed by atoms with Gasteiger partial charge in [0, 0.05) is 43.7 Å². The van der Waals surface area contributed by atoms with Crippen LogP contribution in [0.1, 0.15) is 16.7 Å². The van der Waals surface area contributed by atoms with E-state index in [-0.39, 0.29) is 0 Å². The maximum atomic E-state index is 10.5. The topological polar surface area (TPSA) is 86.2 Å². The summed E-state index contributed by atoms with van der Waals surface area (Å²) in [5.74, 6) is 0. The van der Waals surface area contributed by atoms with Crippen molar-refractivity contribution in [3.63, 3.8) is 0 Å². The number of para-hydroxylation sites is 4. The van der Waals surface area contributed by atoms with Gasteiger partial charge in [0.15, 0.2) is 0 Å². The molecule has 262 valence electrons. The van der Waals surface area contributed by atoms with Crippen LogP contribution in [0.4, 0.5) is 0 Å². The molecule has 0 radical (unpaired) electrons. The molecule has 0 fully saturated rings. The van der Waals surface area contributed by atoms with E-state index in [0.29, 0.717) is 16.7 Å². The summed E-state index contributed by atoms with van der Waals surface area (Å²) >= 11 is 0. The maximum absolute atomic E-state index is 10.5. The highest BCUT2D eigenvalue weighted by Crippen LogP contribution is 2.41. The molecule has 11 aromatic rings. The number of benzene rings is 8. The van der Waals surface area contributed by atoms with Crippen molar-refractivity contribution in [1.29, 1.82) is 15.8 Å². The molecule has 0 aliphatic heterocycles. The Bertz CT molecular complexity index is 3560. The molecule has 0 aliphatic carbocycles. The fourth-order valence-electron chi connectivity index (χ4n) is 8.85. The van der Waals surface area contributed by atoms with Gasteiger partial charge in [-0.2, -0.15) is 15.8 Å². The third-order valence-corrected chi connectivity index (χ3v) is 11.3. The van der Waals surface area contributed by atoms with Gasteiger partial charge in [-0.15, -0.1) is 0 Å². The van der Waals surface area contributed by atoms with Gasteiger partial charge in [0.25, 0.3) is 0 Å². The van der Waals surface area contributed by atoms with E-state index in [2.05, 4.69) is 141 Å². The van der Waals surface area contributed by atoms with Crippen molar-refractivity contribution in [1.82, 2.24) is 13.7 Å². The Kier molecular flexibility index (Phi) is 6.95. The van der Waals surface area contributed by atoms with Crippen LogP contribution in [0.3, 0.4) is 0 Å². The minimum absolute atomic E-state index is 0.542. The first-order valence-corrected chi connectivity index (χ1v) is 18.7. The molecule has 0 saturated carbocycles. The average Bonchev–Trinajstić information content (AvgIpc) is 3.91. The van der Waals surface area contributed by atoms with Crippen molar-refractivity contribution in [3.05, 3.63) is 187 Å². The largest absolute Gasteiger partial charge is 0.309 e. The fraction of sp³-hybridized carbons (Fsp3) is 0. The molecule has 0 aliphatic rings. The summed E-state index contributed by atoms with van der Waals surface area (Å²) < 4.78 is 6.81. The molecule has 0 N–H and O–H groups in total. The summed E-state index contributed by atoms with van der Waals surface area (Å²) in [4.78, 5) is 0. The molecule has 57 heavy (non-hydrogen) atoms. The molecule has 0 saturated heterocycles. The van der Waals surface area contributed by atoms with E-state index >= 15 is 0 Å². The standard InChI is InChI=1S/C51H28N6/c52-29-32-16-22-48-43(26-32)41-10-3-4-12-45(41)55(48)37-20-18-35(19-21-37)36-24-34(31-54)25-38(28-36)56-49-23-17-33(30-53)27-44(49)42-11-7-15-50(51(42)56)57-46-13-5-1-8-39(46)40-9-2-6-14-47(40)57/h1-28H. The number of hydrogen-bond acceptors (Lipinski definition) is 3. The average molecular weight is 725 g/mol. The molecular weight excluding hydrogens is 697 g/mol. The van der Waals surface area contributed by atoms with E-state index < -0.39 is 0 Å². The number of hydrogen-bond donors (Lipinski definition) is 0. The zero-order valence-corrected chi connectivity index (χ0v) is 30.3. The lowest BCUT2D eigenvalue weighted by Gasteiger charge is -2.16. The highest BCUT2D eigenvalue weighted by Gasteiger charge is 2.21. The number of fused-ring (bicyclic) bond motifs is 9. The van der Waals surface area contributed by atoms with Crippen molar-refractivity contribution in [3.8, 4) is 46.4 Å². The third kappa shape index (κ3) is 4.74. The lowest BCUT2D eigenvalue weighted by molar-refractivity contribution is 1.13. The first-order valence-electron chi connectivity index (χ1n) is 18.7. The van der Waals surface area contributed by atoms with Crippen molar-refractivity contribution < 1.29 is 0 Å². The highest BCUT2D eigenvalue weighted by atomic mass is 15.1. The molecule has 11 rings (SSSR count). The summed E-state index contributed by atoms with van der Waals surface area (Å²) in [6.45, 7) is 0. The van der Waals surface area contributed by atoms with Crippen molar-refractivity contribution in [2.75, 3.05) is 0 Å². The van der Waals surface area contributed by atoms with Crippen LogP contribution in [0.15, 0.2) is 170 Å². The first-order chi connectivity index (χ1) is 28.1. The van der Waals surface area contributed by atoms with E-state index in [1.165, 1.54) is 10.8 Å². The monoisotopic (exact) mass is 724 g/mol. The van der Waals surface area contributed by atoms with E-state index in [9.17, 15) is 15.8 Å². The molecule has 8 aromatic carbocycles. The Morgan fingerprint density at radius 3 is 1.44 bits per heavy atom. The Balaban J connectivity index is 1.14. The molecule has 6 nitrogen and oxygen atoms in total. The van der Waals surface area contributed by atoms with Gasteiger partial charge < -0.3 is 13.7 Å². The Morgan fingerprint density at radius 1 is 0.316 bits per heavy atom. The van der Waals surface area contributed by atoms with Gasteiger partial charge in [0.05, 0.1) is 73.7 Å². The van der Waals surface area contributed by atoms with Gasteiger partial charge in [0.2, 0.25) is 0 Å². The van der Waals surface area contributed by atoms with Crippen LogP contribution >= 0.6 is 0 Å². The fourth-order valence-corrected chi connectivity index (χ4v) is 8.85. The van der Waals surface area contributed by atoms with Gasteiger partial charge in [-0.25, -0.2) is 0 Å². The minimum atomic E-state index is 0.542. The molecule has 0 amide bonds. The van der Waals surface area contributed by atoms with Crippen molar-refractivity contribution in [2.24, 2.45) is 0 Å². The lowest BCUT2D eigenvalue weighted by Crippen LogP contribution is -2.01. The summed E-state index contributed by atoms with van der Waals surface area (Å²) in [5, 5.41) is 36.5. The second-order valence-electron chi connectivity index (χ2n) is 14.3. The first kappa shape index (κ1) is 32.1. The predicted octanol–water partition coefficient (Wildman–Crippen LogP) is 12.3. The molecule has 0 unspecified atom stereocenters. The third-order valence-electron chi connectivity index (χ3n) is 11.3. The molecule has 0 atom stereocenters. The molecule has 3 aromatic heterocycles. The summed E-state index contributed by atoms with van der Waals surface area (Å²) in [5.41, 5.74) is 12.7.